The van der Waals surface area contributed by atoms with Gasteiger partial charge in [-0.3, -0.25) is 4.90 Å². The summed E-state index contributed by atoms with van der Waals surface area (Å²) in [5.74, 6) is 0.644. The van der Waals surface area contributed by atoms with Crippen LogP contribution in [-0.4, -0.2) is 24.0 Å². The molecule has 1 saturated heterocycles. The predicted octanol–water partition coefficient (Wildman–Crippen LogP) is 3.69. The van der Waals surface area contributed by atoms with E-state index in [1.807, 2.05) is 6.07 Å². The van der Waals surface area contributed by atoms with Crippen molar-refractivity contribution in [2.45, 2.75) is 25.9 Å². The van der Waals surface area contributed by atoms with E-state index in [9.17, 15) is 0 Å². The van der Waals surface area contributed by atoms with Gasteiger partial charge < -0.3 is 5.73 Å². The summed E-state index contributed by atoms with van der Waals surface area (Å²) in [5.41, 5.74) is 7.24. The summed E-state index contributed by atoms with van der Waals surface area (Å²) in [6, 6.07) is 6.44. The molecule has 1 fully saturated rings. The first-order valence-corrected chi connectivity index (χ1v) is 7.15. The van der Waals surface area contributed by atoms with Gasteiger partial charge in [0.05, 0.1) is 5.02 Å². The van der Waals surface area contributed by atoms with E-state index in [-0.39, 0.29) is 12.4 Å². The lowest BCUT2D eigenvalue weighted by Gasteiger charge is -2.18. The van der Waals surface area contributed by atoms with Gasteiger partial charge in [-0.15, -0.1) is 12.4 Å². The number of halogens is 3. The Hall–Kier alpha value is 0.200. The standard InChI is InChI=1S/C13H18BrClN2.ClH/c1-9(16)11-4-5-17(8-11)7-10-2-3-13(15)12(14)6-10;/h2-3,6,9,11H,4-5,7-8,16H2,1H3;1H. The minimum absolute atomic E-state index is 0. The molecule has 1 aliphatic heterocycles. The highest BCUT2D eigenvalue weighted by Gasteiger charge is 2.24. The topological polar surface area (TPSA) is 29.3 Å². The Bertz CT molecular complexity index is 399. The molecule has 0 aromatic heterocycles. The van der Waals surface area contributed by atoms with Crippen LogP contribution in [0.2, 0.25) is 5.02 Å². The molecule has 1 aromatic carbocycles. The van der Waals surface area contributed by atoms with Crippen LogP contribution >= 0.6 is 39.9 Å². The Labute approximate surface area is 128 Å². The Kier molecular flexibility index (Phi) is 6.42. The highest BCUT2D eigenvalue weighted by molar-refractivity contribution is 9.10. The SMILES string of the molecule is CC(N)C1CCN(Cc2ccc(Cl)c(Br)c2)C1.Cl. The maximum Gasteiger partial charge on any atom is 0.0548 e. The average molecular weight is 354 g/mol. The van der Waals surface area contributed by atoms with Gasteiger partial charge in [-0.25, -0.2) is 0 Å². The normalized spacial score (nSPS) is 21.7. The molecule has 5 heteroatoms. The second-order valence-corrected chi connectivity index (χ2v) is 6.15. The van der Waals surface area contributed by atoms with Gasteiger partial charge in [0.15, 0.2) is 0 Å². The minimum Gasteiger partial charge on any atom is -0.328 e. The van der Waals surface area contributed by atoms with Gasteiger partial charge in [-0.05, 0) is 59.4 Å². The highest BCUT2D eigenvalue weighted by Crippen LogP contribution is 2.25. The Morgan fingerprint density at radius 3 is 2.83 bits per heavy atom. The van der Waals surface area contributed by atoms with E-state index in [1.54, 1.807) is 0 Å². The van der Waals surface area contributed by atoms with Crippen molar-refractivity contribution < 1.29 is 0 Å². The zero-order valence-corrected chi connectivity index (χ0v) is 13.6. The molecule has 102 valence electrons. The van der Waals surface area contributed by atoms with Crippen molar-refractivity contribution in [2.24, 2.45) is 11.7 Å². The van der Waals surface area contributed by atoms with Crippen LogP contribution < -0.4 is 5.73 Å². The number of likely N-dealkylation sites (tertiary alicyclic amines) is 1. The van der Waals surface area contributed by atoms with Gasteiger partial charge in [-0.2, -0.15) is 0 Å². The summed E-state index contributed by atoms with van der Waals surface area (Å²) in [6.45, 7) is 5.34. The van der Waals surface area contributed by atoms with E-state index in [0.717, 1.165) is 29.1 Å². The number of nitrogens with zero attached hydrogens (tertiary/aromatic N) is 1. The van der Waals surface area contributed by atoms with Crippen LogP contribution in [0, 0.1) is 5.92 Å². The second-order valence-electron chi connectivity index (χ2n) is 4.89. The molecular formula is C13H19BrCl2N2. The van der Waals surface area contributed by atoms with Gasteiger partial charge in [0.2, 0.25) is 0 Å². The average Bonchev–Trinajstić information content (AvgIpc) is 2.72. The summed E-state index contributed by atoms with van der Waals surface area (Å²) in [7, 11) is 0. The summed E-state index contributed by atoms with van der Waals surface area (Å²) < 4.78 is 0.972. The van der Waals surface area contributed by atoms with Crippen LogP contribution in [0.3, 0.4) is 0 Å². The van der Waals surface area contributed by atoms with Gasteiger partial charge >= 0.3 is 0 Å². The molecule has 0 spiro atoms. The van der Waals surface area contributed by atoms with E-state index in [0.29, 0.717) is 12.0 Å². The van der Waals surface area contributed by atoms with Crippen molar-refractivity contribution in [2.75, 3.05) is 13.1 Å². The van der Waals surface area contributed by atoms with Crippen LogP contribution in [0.25, 0.3) is 0 Å². The molecule has 0 amide bonds. The van der Waals surface area contributed by atoms with Crippen molar-refractivity contribution in [3.63, 3.8) is 0 Å². The van der Waals surface area contributed by atoms with E-state index in [2.05, 4.69) is 39.9 Å². The summed E-state index contributed by atoms with van der Waals surface area (Å²) in [6.07, 6.45) is 1.21. The van der Waals surface area contributed by atoms with Crippen molar-refractivity contribution in [1.82, 2.24) is 4.90 Å². The number of nitrogens with two attached hydrogens (primary N) is 1. The van der Waals surface area contributed by atoms with Crippen LogP contribution in [0.1, 0.15) is 18.9 Å². The molecule has 1 aromatic rings. The third-order valence-electron chi connectivity index (χ3n) is 3.44. The largest absolute Gasteiger partial charge is 0.328 e. The molecular weight excluding hydrogens is 335 g/mol. The zero-order valence-electron chi connectivity index (χ0n) is 10.4. The quantitative estimate of drug-likeness (QED) is 0.897. The van der Waals surface area contributed by atoms with Gasteiger partial charge in [-0.1, -0.05) is 17.7 Å². The molecule has 18 heavy (non-hydrogen) atoms. The third-order valence-corrected chi connectivity index (χ3v) is 4.66. The minimum atomic E-state index is 0. The molecule has 0 radical (unpaired) electrons. The molecule has 2 nitrogen and oxygen atoms in total. The monoisotopic (exact) mass is 352 g/mol. The highest BCUT2D eigenvalue weighted by atomic mass is 79.9. The smallest absolute Gasteiger partial charge is 0.0548 e. The fraction of sp³-hybridized carbons (Fsp3) is 0.538. The fourth-order valence-corrected chi connectivity index (χ4v) is 2.88. The fourth-order valence-electron chi connectivity index (χ4n) is 2.33. The number of benzene rings is 1. The molecule has 0 saturated carbocycles. The Morgan fingerprint density at radius 1 is 1.56 bits per heavy atom. The van der Waals surface area contributed by atoms with Crippen LogP contribution in [0.4, 0.5) is 0 Å². The van der Waals surface area contributed by atoms with Gasteiger partial charge in [0, 0.05) is 23.6 Å². The lowest BCUT2D eigenvalue weighted by Crippen LogP contribution is -2.29. The predicted molar refractivity (Wildman–Crippen MR) is 83.4 cm³/mol. The maximum absolute atomic E-state index is 5.99. The molecule has 2 rings (SSSR count). The Morgan fingerprint density at radius 2 is 2.28 bits per heavy atom. The first kappa shape index (κ1) is 16.3. The lowest BCUT2D eigenvalue weighted by molar-refractivity contribution is 0.308. The third kappa shape index (κ3) is 4.10. The number of rotatable bonds is 3. The summed E-state index contributed by atoms with van der Waals surface area (Å²) in [4.78, 5) is 2.46. The molecule has 0 aliphatic carbocycles. The van der Waals surface area contributed by atoms with Crippen LogP contribution in [0.15, 0.2) is 22.7 Å². The molecule has 2 N–H and O–H groups in total. The van der Waals surface area contributed by atoms with Crippen LogP contribution in [0.5, 0.6) is 0 Å². The first-order chi connectivity index (χ1) is 8.06. The van der Waals surface area contributed by atoms with E-state index < -0.39 is 0 Å². The molecule has 2 atom stereocenters. The van der Waals surface area contributed by atoms with Gasteiger partial charge in [0.25, 0.3) is 0 Å². The van der Waals surface area contributed by atoms with Gasteiger partial charge in [0.1, 0.15) is 0 Å². The molecule has 2 unspecified atom stereocenters. The first-order valence-electron chi connectivity index (χ1n) is 5.98. The number of hydrogen-bond donors (Lipinski definition) is 1. The molecule has 1 aliphatic rings. The lowest BCUT2D eigenvalue weighted by atomic mass is 10.0. The zero-order chi connectivity index (χ0) is 12.4. The van der Waals surface area contributed by atoms with Crippen molar-refractivity contribution in [1.29, 1.82) is 0 Å². The van der Waals surface area contributed by atoms with Crippen molar-refractivity contribution in [3.8, 4) is 0 Å². The summed E-state index contributed by atoms with van der Waals surface area (Å²) >= 11 is 9.45. The van der Waals surface area contributed by atoms with E-state index in [1.165, 1.54) is 12.0 Å². The van der Waals surface area contributed by atoms with Crippen LogP contribution in [-0.2, 0) is 6.54 Å². The Balaban J connectivity index is 0.00000162. The van der Waals surface area contributed by atoms with E-state index in [4.69, 9.17) is 17.3 Å². The molecule has 0 bridgehead atoms. The van der Waals surface area contributed by atoms with Crippen molar-refractivity contribution in [3.05, 3.63) is 33.3 Å². The maximum atomic E-state index is 5.99. The second kappa shape index (κ2) is 7.11. The van der Waals surface area contributed by atoms with E-state index >= 15 is 0 Å². The van der Waals surface area contributed by atoms with Crippen molar-refractivity contribution >= 4 is 39.9 Å². The molecule has 1 heterocycles. The number of hydrogen-bond acceptors (Lipinski definition) is 2. The summed E-state index contributed by atoms with van der Waals surface area (Å²) in [5, 5.41) is 0.767.